The zero-order valence-corrected chi connectivity index (χ0v) is 17.4. The molecule has 2 amide bonds. The van der Waals surface area contributed by atoms with Gasteiger partial charge < -0.3 is 9.47 Å². The summed E-state index contributed by atoms with van der Waals surface area (Å²) in [6.45, 7) is 3.60. The number of para-hydroxylation sites is 1. The van der Waals surface area contributed by atoms with E-state index in [1.807, 2.05) is 6.07 Å². The Labute approximate surface area is 176 Å². The van der Waals surface area contributed by atoms with E-state index in [4.69, 9.17) is 9.47 Å². The summed E-state index contributed by atoms with van der Waals surface area (Å²) in [5.41, 5.74) is 3.78. The van der Waals surface area contributed by atoms with E-state index in [9.17, 15) is 14.4 Å². The van der Waals surface area contributed by atoms with Crippen LogP contribution in [0.3, 0.4) is 0 Å². The van der Waals surface area contributed by atoms with Gasteiger partial charge in [0.15, 0.2) is 6.10 Å². The predicted molar refractivity (Wildman–Crippen MR) is 111 cm³/mol. The Hall–Kier alpha value is -3.13. The van der Waals surface area contributed by atoms with Crippen molar-refractivity contribution in [2.45, 2.75) is 20.0 Å². The number of hydrogen-bond donors (Lipinski definition) is 1. The Kier molecular flexibility index (Phi) is 6.33. The maximum absolute atomic E-state index is 12.6. The van der Waals surface area contributed by atoms with Crippen molar-refractivity contribution in [1.29, 1.82) is 0 Å². The van der Waals surface area contributed by atoms with E-state index in [2.05, 4.69) is 21.4 Å². The van der Waals surface area contributed by atoms with Crippen molar-refractivity contribution in [3.05, 3.63) is 64.1 Å². The molecule has 3 rings (SSSR count). The maximum atomic E-state index is 12.6. The monoisotopic (exact) mass is 458 g/mol. The third-order valence-electron chi connectivity index (χ3n) is 4.10. The van der Waals surface area contributed by atoms with Gasteiger partial charge in [-0.25, -0.2) is 9.80 Å². The molecule has 29 heavy (non-hydrogen) atoms. The van der Waals surface area contributed by atoms with Crippen molar-refractivity contribution in [2.75, 3.05) is 11.6 Å². The molecule has 1 N–H and O–H groups in total. The lowest BCUT2D eigenvalue weighted by atomic mass is 10.1. The van der Waals surface area contributed by atoms with E-state index in [1.54, 1.807) is 56.3 Å². The summed E-state index contributed by atoms with van der Waals surface area (Å²) in [5, 5.41) is 1.21. The maximum Gasteiger partial charge on any atom is 0.347 e. The first-order valence-corrected chi connectivity index (χ1v) is 9.75. The lowest BCUT2D eigenvalue weighted by molar-refractivity contribution is -0.150. The highest BCUT2D eigenvalue weighted by Gasteiger charge is 2.34. The fourth-order valence-corrected chi connectivity index (χ4v) is 3.17. The number of carbonyl (C=O) groups excluding carboxylic acids is 3. The van der Waals surface area contributed by atoms with E-state index in [-0.39, 0.29) is 12.2 Å². The van der Waals surface area contributed by atoms with Crippen molar-refractivity contribution in [2.24, 2.45) is 0 Å². The Morgan fingerprint density at radius 2 is 1.93 bits per heavy atom. The second-order valence-corrected chi connectivity index (χ2v) is 7.03. The summed E-state index contributed by atoms with van der Waals surface area (Å²) >= 11 is 3.39. The van der Waals surface area contributed by atoms with Gasteiger partial charge in [-0.05, 0) is 65.7 Å². The quantitative estimate of drug-likeness (QED) is 0.408. The molecule has 0 unspecified atom stereocenters. The van der Waals surface area contributed by atoms with Gasteiger partial charge in [0.1, 0.15) is 11.3 Å². The minimum Gasteiger partial charge on any atom is -0.478 e. The second kappa shape index (κ2) is 8.91. The standard InChI is InChI=1S/C21H19BrN2O5/c1-3-28-21(27)13(2)29-18-10-9-14(12-17(18)22)11-16-19(25)23-24(20(16)26)15-7-5-4-6-8-15/h4-13H,3H2,1-2H3,(H,23,25)/b16-11-/t13-/m0/s1. The number of esters is 1. The summed E-state index contributed by atoms with van der Waals surface area (Å²) < 4.78 is 11.1. The topological polar surface area (TPSA) is 84.9 Å². The van der Waals surface area contributed by atoms with Gasteiger partial charge in [-0.2, -0.15) is 0 Å². The van der Waals surface area contributed by atoms with Crippen molar-refractivity contribution < 1.29 is 23.9 Å². The van der Waals surface area contributed by atoms with E-state index >= 15 is 0 Å². The fourth-order valence-electron chi connectivity index (χ4n) is 2.68. The van der Waals surface area contributed by atoms with Gasteiger partial charge in [0, 0.05) is 0 Å². The Bertz CT molecular complexity index is 974. The van der Waals surface area contributed by atoms with Crippen LogP contribution in [-0.4, -0.2) is 30.5 Å². The average molecular weight is 459 g/mol. The third-order valence-corrected chi connectivity index (χ3v) is 4.71. The first-order valence-electron chi connectivity index (χ1n) is 8.95. The molecule has 8 heteroatoms. The number of amides is 2. The van der Waals surface area contributed by atoms with E-state index in [0.29, 0.717) is 21.5 Å². The van der Waals surface area contributed by atoms with Crippen molar-refractivity contribution in [1.82, 2.24) is 5.43 Å². The average Bonchev–Trinajstić information content (AvgIpc) is 2.99. The first-order chi connectivity index (χ1) is 13.9. The number of nitrogens with one attached hydrogen (secondary N) is 1. The number of carbonyl (C=O) groups is 3. The Morgan fingerprint density at radius 1 is 1.21 bits per heavy atom. The van der Waals surface area contributed by atoms with E-state index in [1.165, 1.54) is 11.1 Å². The van der Waals surface area contributed by atoms with Crippen LogP contribution in [0.5, 0.6) is 5.75 Å². The van der Waals surface area contributed by atoms with Crippen LogP contribution >= 0.6 is 15.9 Å². The first kappa shape index (κ1) is 20.6. The second-order valence-electron chi connectivity index (χ2n) is 6.18. The number of halogens is 1. The van der Waals surface area contributed by atoms with Gasteiger partial charge in [-0.1, -0.05) is 24.3 Å². The van der Waals surface area contributed by atoms with Gasteiger partial charge in [-0.15, -0.1) is 0 Å². The summed E-state index contributed by atoms with van der Waals surface area (Å²) in [6.07, 6.45) is 0.737. The van der Waals surface area contributed by atoms with Gasteiger partial charge in [0.25, 0.3) is 11.8 Å². The molecule has 7 nitrogen and oxygen atoms in total. The highest BCUT2D eigenvalue weighted by Crippen LogP contribution is 2.29. The summed E-state index contributed by atoms with van der Waals surface area (Å²) in [5.74, 6) is -0.930. The molecule has 1 atom stereocenters. The Morgan fingerprint density at radius 3 is 2.59 bits per heavy atom. The lowest BCUT2D eigenvalue weighted by Gasteiger charge is -2.15. The third kappa shape index (κ3) is 4.65. The molecular formula is C21H19BrN2O5. The molecule has 0 bridgehead atoms. The minimum absolute atomic E-state index is 0.0225. The van der Waals surface area contributed by atoms with Crippen LogP contribution in [0.4, 0.5) is 5.69 Å². The number of nitrogens with zero attached hydrogens (tertiary/aromatic N) is 1. The molecule has 0 radical (unpaired) electrons. The molecule has 2 aromatic rings. The molecule has 0 spiro atoms. The van der Waals surface area contributed by atoms with Gasteiger partial charge in [0.05, 0.1) is 16.8 Å². The summed E-state index contributed by atoms with van der Waals surface area (Å²) in [6, 6.07) is 13.9. The zero-order chi connectivity index (χ0) is 21.0. The van der Waals surface area contributed by atoms with E-state index in [0.717, 1.165) is 0 Å². The summed E-state index contributed by atoms with van der Waals surface area (Å²) in [4.78, 5) is 36.6. The Balaban J connectivity index is 1.78. The number of anilines is 1. The number of benzene rings is 2. The molecule has 1 aliphatic heterocycles. The smallest absolute Gasteiger partial charge is 0.347 e. The highest BCUT2D eigenvalue weighted by molar-refractivity contribution is 9.10. The van der Waals surface area contributed by atoms with Crippen molar-refractivity contribution in [3.8, 4) is 5.75 Å². The van der Waals surface area contributed by atoms with Gasteiger partial charge in [0.2, 0.25) is 0 Å². The zero-order valence-electron chi connectivity index (χ0n) is 15.8. The van der Waals surface area contributed by atoms with Crippen LogP contribution < -0.4 is 15.2 Å². The van der Waals surface area contributed by atoms with Crippen LogP contribution in [0.25, 0.3) is 6.08 Å². The molecule has 2 aromatic carbocycles. The number of ether oxygens (including phenoxy) is 2. The molecule has 1 fully saturated rings. The van der Waals surface area contributed by atoms with Crippen molar-refractivity contribution in [3.63, 3.8) is 0 Å². The van der Waals surface area contributed by atoms with Gasteiger partial charge in [-0.3, -0.25) is 15.0 Å². The largest absolute Gasteiger partial charge is 0.478 e. The van der Waals surface area contributed by atoms with Gasteiger partial charge >= 0.3 is 5.97 Å². The van der Waals surface area contributed by atoms with E-state index < -0.39 is 23.9 Å². The van der Waals surface area contributed by atoms with Crippen LogP contribution in [0, 0.1) is 0 Å². The normalized spacial score (nSPS) is 16.0. The number of hydrazine groups is 1. The molecule has 1 heterocycles. The molecule has 1 aliphatic rings. The molecule has 0 aromatic heterocycles. The molecule has 0 aliphatic carbocycles. The lowest BCUT2D eigenvalue weighted by Crippen LogP contribution is -2.35. The molecule has 0 saturated carbocycles. The predicted octanol–water partition coefficient (Wildman–Crippen LogP) is 3.24. The van der Waals surface area contributed by atoms with Crippen LogP contribution in [0.2, 0.25) is 0 Å². The van der Waals surface area contributed by atoms with Crippen molar-refractivity contribution >= 4 is 45.5 Å². The number of hydrogen-bond acceptors (Lipinski definition) is 5. The molecular weight excluding hydrogens is 440 g/mol. The summed E-state index contributed by atoms with van der Waals surface area (Å²) in [7, 11) is 0. The van der Waals surface area contributed by atoms with Crippen LogP contribution in [0.1, 0.15) is 19.4 Å². The van der Waals surface area contributed by atoms with Crippen LogP contribution in [0.15, 0.2) is 58.6 Å². The molecule has 150 valence electrons. The minimum atomic E-state index is -0.767. The molecule has 1 saturated heterocycles. The SMILES string of the molecule is CCOC(=O)[C@H](C)Oc1ccc(/C=C2/C(=O)NN(c3ccccc3)C2=O)cc1Br. The fraction of sp³-hybridized carbons (Fsp3) is 0.190. The highest BCUT2D eigenvalue weighted by atomic mass is 79.9. The number of rotatable bonds is 6. The van der Waals surface area contributed by atoms with Crippen LogP contribution in [-0.2, 0) is 19.1 Å².